The lowest BCUT2D eigenvalue weighted by Gasteiger charge is -2.25. The van der Waals surface area contributed by atoms with Crippen LogP contribution in [-0.4, -0.2) is 83.7 Å². The summed E-state index contributed by atoms with van der Waals surface area (Å²) in [6.07, 6.45) is 2.89. The number of benzene rings is 2. The molecule has 0 amide bonds. The van der Waals surface area contributed by atoms with Crippen LogP contribution in [0, 0.1) is 6.92 Å². The zero-order valence-corrected chi connectivity index (χ0v) is 20.3. The molecule has 13 nitrogen and oxygen atoms in total. The van der Waals surface area contributed by atoms with E-state index in [0.717, 1.165) is 15.4 Å². The minimum absolute atomic E-state index is 0.0504. The molecular formula is C25H26N2O11. The Morgan fingerprint density at radius 3 is 1.63 bits per heavy atom. The van der Waals surface area contributed by atoms with Crippen LogP contribution >= 0.6 is 0 Å². The van der Waals surface area contributed by atoms with Gasteiger partial charge in [-0.3, -0.25) is 19.2 Å². The Morgan fingerprint density at radius 1 is 0.684 bits per heavy atom. The van der Waals surface area contributed by atoms with Crippen molar-refractivity contribution in [3.63, 3.8) is 0 Å². The number of carbonyl (C=O) groups is 4. The van der Waals surface area contributed by atoms with Crippen LogP contribution < -0.4 is 19.3 Å². The molecule has 0 unspecified atom stereocenters. The van der Waals surface area contributed by atoms with Gasteiger partial charge >= 0.3 is 23.9 Å². The first-order valence-electron chi connectivity index (χ1n) is 11.3. The average molecular weight is 530 g/mol. The Balaban J connectivity index is 1.81. The maximum Gasteiger partial charge on any atom is 0.323 e. The van der Waals surface area contributed by atoms with Crippen molar-refractivity contribution in [2.45, 2.75) is 6.92 Å². The molecule has 0 saturated carbocycles. The first-order chi connectivity index (χ1) is 18.0. The topological polar surface area (TPSA) is 187 Å². The Bertz CT molecular complexity index is 1300. The highest BCUT2D eigenvalue weighted by Gasteiger charge is 2.21. The SMILES string of the molecule is Cc1ccc(N(CC(=O)O)CC(=O)O)c(OCCOc2cc3cocc3cc2N(CC(=O)O)CC(=O)O)c1. The molecule has 1 aromatic heterocycles. The van der Waals surface area contributed by atoms with Crippen LogP contribution in [0.15, 0.2) is 47.3 Å². The standard InChI is InChI=1S/C25H26N2O11/c1-15-2-3-18(26(9-22(28)29)10-23(30)31)20(6-15)37-4-5-38-21-8-17-14-36-13-16(17)7-19(21)27(11-24(32)33)12-25(34)35/h2-3,6-8,13-14H,4-5,9-12H2,1H3,(H,28,29)(H,30,31)(H,32,33)(H,34,35). The highest BCUT2D eigenvalue weighted by molar-refractivity contribution is 5.90. The number of nitrogens with zero attached hydrogens (tertiary/aromatic N) is 2. The number of anilines is 2. The fraction of sp³-hybridized carbons (Fsp3) is 0.280. The summed E-state index contributed by atoms with van der Waals surface area (Å²) in [5, 5.41) is 38.2. The number of rotatable bonds is 15. The third-order valence-corrected chi connectivity index (χ3v) is 5.25. The third-order valence-electron chi connectivity index (χ3n) is 5.25. The van der Waals surface area contributed by atoms with E-state index in [4.69, 9.17) is 13.9 Å². The number of carboxylic acids is 4. The van der Waals surface area contributed by atoms with Crippen LogP contribution in [-0.2, 0) is 19.2 Å². The van der Waals surface area contributed by atoms with Gasteiger partial charge in [0.15, 0.2) is 0 Å². The smallest absolute Gasteiger partial charge is 0.323 e. The first-order valence-corrected chi connectivity index (χ1v) is 11.3. The Morgan fingerprint density at radius 2 is 1.13 bits per heavy atom. The van der Waals surface area contributed by atoms with Gasteiger partial charge in [0, 0.05) is 10.8 Å². The normalized spacial score (nSPS) is 10.7. The van der Waals surface area contributed by atoms with Gasteiger partial charge in [0.05, 0.1) is 23.9 Å². The second kappa shape index (κ2) is 12.3. The van der Waals surface area contributed by atoms with Gasteiger partial charge in [-0.1, -0.05) is 6.07 Å². The molecule has 0 atom stereocenters. The average Bonchev–Trinajstić information content (AvgIpc) is 3.27. The number of aliphatic carboxylic acids is 4. The van der Waals surface area contributed by atoms with E-state index in [1.165, 1.54) is 12.5 Å². The zero-order valence-electron chi connectivity index (χ0n) is 20.3. The number of fused-ring (bicyclic) bond motifs is 1. The molecule has 38 heavy (non-hydrogen) atoms. The minimum atomic E-state index is -1.23. The van der Waals surface area contributed by atoms with E-state index in [-0.39, 0.29) is 36.1 Å². The van der Waals surface area contributed by atoms with E-state index in [1.807, 2.05) is 0 Å². The summed E-state index contributed by atoms with van der Waals surface area (Å²) in [5.41, 5.74) is 1.30. The molecule has 3 aromatic rings. The quantitative estimate of drug-likeness (QED) is 0.210. The van der Waals surface area contributed by atoms with Crippen molar-refractivity contribution in [2.75, 3.05) is 49.2 Å². The number of hydrogen-bond donors (Lipinski definition) is 4. The van der Waals surface area contributed by atoms with E-state index >= 15 is 0 Å². The molecule has 1 heterocycles. The predicted octanol–water partition coefficient (Wildman–Crippen LogP) is 2.15. The lowest BCUT2D eigenvalue weighted by molar-refractivity contribution is -0.138. The number of furan rings is 1. The summed E-state index contributed by atoms with van der Waals surface area (Å²) in [4.78, 5) is 47.6. The predicted molar refractivity (Wildman–Crippen MR) is 133 cm³/mol. The molecule has 0 saturated heterocycles. The van der Waals surface area contributed by atoms with E-state index in [1.54, 1.807) is 37.3 Å². The molecule has 0 fully saturated rings. The van der Waals surface area contributed by atoms with Gasteiger partial charge in [-0.05, 0) is 36.8 Å². The molecule has 0 aliphatic rings. The van der Waals surface area contributed by atoms with Crippen molar-refractivity contribution < 1.29 is 53.5 Å². The molecule has 4 N–H and O–H groups in total. The molecule has 0 aliphatic carbocycles. The summed E-state index contributed by atoms with van der Waals surface area (Å²) in [5.74, 6) is -4.43. The number of hydrogen-bond acceptors (Lipinski definition) is 9. The number of carboxylic acid groups (broad SMARTS) is 4. The fourth-order valence-electron chi connectivity index (χ4n) is 3.75. The van der Waals surface area contributed by atoms with Crippen LogP contribution in [0.1, 0.15) is 5.56 Å². The van der Waals surface area contributed by atoms with Gasteiger partial charge in [0.25, 0.3) is 0 Å². The number of ether oxygens (including phenoxy) is 2. The van der Waals surface area contributed by atoms with Crippen LogP contribution in [0.3, 0.4) is 0 Å². The number of aryl methyl sites for hydroxylation is 1. The van der Waals surface area contributed by atoms with Crippen LogP contribution in [0.2, 0.25) is 0 Å². The molecule has 0 radical (unpaired) electrons. The second-order valence-corrected chi connectivity index (χ2v) is 8.28. The van der Waals surface area contributed by atoms with Crippen molar-refractivity contribution in [3.05, 3.63) is 48.4 Å². The van der Waals surface area contributed by atoms with Gasteiger partial charge in [0.2, 0.25) is 0 Å². The highest BCUT2D eigenvalue weighted by atomic mass is 16.5. The van der Waals surface area contributed by atoms with Crippen LogP contribution in [0.5, 0.6) is 11.5 Å². The first kappa shape index (κ1) is 27.6. The maximum absolute atomic E-state index is 11.4. The van der Waals surface area contributed by atoms with Crippen molar-refractivity contribution >= 4 is 46.0 Å². The Kier molecular flexibility index (Phi) is 8.98. The van der Waals surface area contributed by atoms with Crippen molar-refractivity contribution in [2.24, 2.45) is 0 Å². The maximum atomic E-state index is 11.4. The van der Waals surface area contributed by atoms with Gasteiger partial charge in [-0.15, -0.1) is 0 Å². The van der Waals surface area contributed by atoms with Crippen LogP contribution in [0.25, 0.3) is 10.8 Å². The lowest BCUT2D eigenvalue weighted by atomic mass is 10.1. The van der Waals surface area contributed by atoms with Gasteiger partial charge < -0.3 is 44.1 Å². The largest absolute Gasteiger partial charge is 0.488 e. The second-order valence-electron chi connectivity index (χ2n) is 8.28. The highest BCUT2D eigenvalue weighted by Crippen LogP contribution is 2.34. The summed E-state index contributed by atoms with van der Waals surface area (Å²) in [6, 6.07) is 8.05. The summed E-state index contributed by atoms with van der Waals surface area (Å²) >= 11 is 0. The molecule has 3 rings (SSSR count). The van der Waals surface area contributed by atoms with E-state index < -0.39 is 50.1 Å². The van der Waals surface area contributed by atoms with Gasteiger partial charge in [0.1, 0.15) is 50.9 Å². The van der Waals surface area contributed by atoms with E-state index in [0.29, 0.717) is 10.8 Å². The molecule has 2 aromatic carbocycles. The van der Waals surface area contributed by atoms with Crippen molar-refractivity contribution in [3.8, 4) is 11.5 Å². The molecular weight excluding hydrogens is 504 g/mol. The van der Waals surface area contributed by atoms with Gasteiger partial charge in [-0.25, -0.2) is 0 Å². The molecule has 0 bridgehead atoms. The fourth-order valence-corrected chi connectivity index (χ4v) is 3.75. The third kappa shape index (κ3) is 7.53. The summed E-state index contributed by atoms with van der Waals surface area (Å²) in [6.45, 7) is -0.604. The Labute approximate surface area is 216 Å². The minimum Gasteiger partial charge on any atom is -0.488 e. The van der Waals surface area contributed by atoms with Crippen molar-refractivity contribution in [1.82, 2.24) is 0 Å². The van der Waals surface area contributed by atoms with E-state index in [9.17, 15) is 39.6 Å². The Hall–Kier alpha value is -4.94. The molecule has 0 spiro atoms. The summed E-state index contributed by atoms with van der Waals surface area (Å²) < 4.78 is 16.8. The zero-order chi connectivity index (χ0) is 27.8. The lowest BCUT2D eigenvalue weighted by Crippen LogP contribution is -2.35. The van der Waals surface area contributed by atoms with Crippen LogP contribution in [0.4, 0.5) is 11.4 Å². The van der Waals surface area contributed by atoms with Gasteiger partial charge in [-0.2, -0.15) is 0 Å². The summed E-state index contributed by atoms with van der Waals surface area (Å²) in [7, 11) is 0. The monoisotopic (exact) mass is 530 g/mol. The molecule has 13 heteroatoms. The molecule has 202 valence electrons. The van der Waals surface area contributed by atoms with Crippen molar-refractivity contribution in [1.29, 1.82) is 0 Å². The van der Waals surface area contributed by atoms with E-state index in [2.05, 4.69) is 0 Å². The molecule has 0 aliphatic heterocycles.